The molecule has 2 nitrogen and oxygen atoms in total. The van der Waals surface area contributed by atoms with Gasteiger partial charge in [0.15, 0.2) is 0 Å². The van der Waals surface area contributed by atoms with Crippen LogP contribution in [0.15, 0.2) is 103 Å². The highest BCUT2D eigenvalue weighted by Crippen LogP contribution is 2.48. The van der Waals surface area contributed by atoms with Crippen LogP contribution in [0.25, 0.3) is 45.2 Å². The molecule has 2 aliphatic heterocycles. The second-order valence-corrected chi connectivity index (χ2v) is 11.0. The molecule has 0 radical (unpaired) electrons. The fourth-order valence-corrected chi connectivity index (χ4v) is 6.98. The Morgan fingerprint density at radius 1 is 0.795 bits per heavy atom. The Morgan fingerprint density at radius 2 is 1.69 bits per heavy atom. The number of nitrogens with zero attached hydrogens (tertiary/aromatic N) is 1. The molecular formula is C37H30N2. The first-order chi connectivity index (χ1) is 19.3. The molecule has 0 fully saturated rings. The topological polar surface area (TPSA) is 15.3 Å². The first-order valence-electron chi connectivity index (χ1n) is 14.0. The molecule has 8 rings (SSSR count). The van der Waals surface area contributed by atoms with Gasteiger partial charge in [-0.2, -0.15) is 0 Å². The van der Waals surface area contributed by atoms with Crippen molar-refractivity contribution in [2.45, 2.75) is 12.3 Å². The number of nitrogens with one attached hydrogen (secondary N) is 1. The summed E-state index contributed by atoms with van der Waals surface area (Å²) in [6.45, 7) is 1.81. The highest BCUT2D eigenvalue weighted by atomic mass is 15.1. The summed E-state index contributed by atoms with van der Waals surface area (Å²) in [6, 6.07) is 34.2. The van der Waals surface area contributed by atoms with Gasteiger partial charge in [-0.25, -0.2) is 0 Å². The quantitative estimate of drug-likeness (QED) is 0.260. The van der Waals surface area contributed by atoms with E-state index in [0.717, 1.165) is 19.5 Å². The van der Waals surface area contributed by atoms with Gasteiger partial charge >= 0.3 is 0 Å². The van der Waals surface area contributed by atoms with Gasteiger partial charge in [0.25, 0.3) is 0 Å². The zero-order chi connectivity index (χ0) is 25.9. The third-order valence-corrected chi connectivity index (χ3v) is 8.76. The first-order valence-corrected chi connectivity index (χ1v) is 14.0. The Bertz CT molecular complexity index is 1840. The molecule has 1 aliphatic carbocycles. The van der Waals surface area contributed by atoms with Gasteiger partial charge in [0.2, 0.25) is 0 Å². The Labute approximate surface area is 229 Å². The maximum absolute atomic E-state index is 3.69. The lowest BCUT2D eigenvalue weighted by molar-refractivity contribution is 0.796. The monoisotopic (exact) mass is 502 g/mol. The zero-order valence-electron chi connectivity index (χ0n) is 22.1. The molecule has 0 saturated heterocycles. The SMILES string of the molecule is CN1CC=Cc2cc(-c3cccc(C4Cc5ccccc5-c5c4ccc4ccccc54)c3)c3c(c21)NCC=C3. The minimum absolute atomic E-state index is 0.313. The molecule has 1 atom stereocenters. The molecule has 39 heavy (non-hydrogen) atoms. The third-order valence-electron chi connectivity index (χ3n) is 8.76. The predicted molar refractivity (Wildman–Crippen MR) is 167 cm³/mol. The van der Waals surface area contributed by atoms with Gasteiger partial charge in [-0.1, -0.05) is 109 Å². The second-order valence-electron chi connectivity index (χ2n) is 11.0. The van der Waals surface area contributed by atoms with Crippen molar-refractivity contribution in [1.29, 1.82) is 0 Å². The number of likely N-dealkylation sites (N-methyl/N-ethyl adjacent to an activating group) is 1. The molecule has 1 N–H and O–H groups in total. The van der Waals surface area contributed by atoms with Crippen molar-refractivity contribution in [1.82, 2.24) is 0 Å². The minimum atomic E-state index is 0.313. The van der Waals surface area contributed by atoms with Crippen LogP contribution in [0.3, 0.4) is 0 Å². The number of fused-ring (bicyclic) bond motifs is 8. The second kappa shape index (κ2) is 8.74. The molecule has 5 aromatic carbocycles. The largest absolute Gasteiger partial charge is 0.379 e. The zero-order valence-corrected chi connectivity index (χ0v) is 22.1. The molecule has 5 aromatic rings. The maximum Gasteiger partial charge on any atom is 0.0682 e. The fraction of sp³-hybridized carbons (Fsp3) is 0.135. The van der Waals surface area contributed by atoms with Crippen LogP contribution in [-0.4, -0.2) is 20.1 Å². The Morgan fingerprint density at radius 3 is 2.67 bits per heavy atom. The molecule has 3 aliphatic rings. The van der Waals surface area contributed by atoms with Gasteiger partial charge in [0.05, 0.1) is 11.4 Å². The van der Waals surface area contributed by atoms with Crippen LogP contribution in [0.1, 0.15) is 33.7 Å². The van der Waals surface area contributed by atoms with Crippen molar-refractivity contribution >= 4 is 34.3 Å². The first kappa shape index (κ1) is 22.4. The number of benzene rings is 5. The lowest BCUT2D eigenvalue weighted by Crippen LogP contribution is -2.23. The van der Waals surface area contributed by atoms with E-state index in [1.54, 1.807) is 0 Å². The van der Waals surface area contributed by atoms with E-state index < -0.39 is 0 Å². The lowest BCUT2D eigenvalue weighted by atomic mass is 9.74. The molecule has 0 saturated carbocycles. The van der Waals surface area contributed by atoms with Crippen LogP contribution < -0.4 is 10.2 Å². The van der Waals surface area contributed by atoms with Crippen molar-refractivity contribution in [2.75, 3.05) is 30.4 Å². The summed E-state index contributed by atoms with van der Waals surface area (Å²) >= 11 is 0. The molecule has 0 bridgehead atoms. The van der Waals surface area contributed by atoms with E-state index in [1.165, 1.54) is 72.2 Å². The predicted octanol–water partition coefficient (Wildman–Crippen LogP) is 8.76. The summed E-state index contributed by atoms with van der Waals surface area (Å²) in [7, 11) is 2.19. The average molecular weight is 503 g/mol. The van der Waals surface area contributed by atoms with Crippen molar-refractivity contribution in [3.63, 3.8) is 0 Å². The van der Waals surface area contributed by atoms with E-state index in [4.69, 9.17) is 0 Å². The smallest absolute Gasteiger partial charge is 0.0682 e. The summed E-state index contributed by atoms with van der Waals surface area (Å²) in [6.07, 6.45) is 10.1. The van der Waals surface area contributed by atoms with Gasteiger partial charge in [0.1, 0.15) is 0 Å². The van der Waals surface area contributed by atoms with Crippen molar-refractivity contribution < 1.29 is 0 Å². The van der Waals surface area contributed by atoms with Crippen LogP contribution >= 0.6 is 0 Å². The van der Waals surface area contributed by atoms with Gasteiger partial charge in [-0.05, 0) is 62.2 Å². The maximum atomic E-state index is 3.69. The summed E-state index contributed by atoms with van der Waals surface area (Å²) in [4.78, 5) is 2.35. The van der Waals surface area contributed by atoms with Crippen LogP contribution in [0, 0.1) is 0 Å². The summed E-state index contributed by atoms with van der Waals surface area (Å²) in [5, 5.41) is 6.34. The fourth-order valence-electron chi connectivity index (χ4n) is 6.98. The molecule has 2 heteroatoms. The van der Waals surface area contributed by atoms with E-state index in [0.29, 0.717) is 5.92 Å². The molecule has 2 heterocycles. The van der Waals surface area contributed by atoms with Crippen molar-refractivity contribution in [3.05, 3.63) is 131 Å². The summed E-state index contributed by atoms with van der Waals surface area (Å²) < 4.78 is 0. The normalized spacial score (nSPS) is 16.7. The third kappa shape index (κ3) is 3.48. The van der Waals surface area contributed by atoms with E-state index >= 15 is 0 Å². The van der Waals surface area contributed by atoms with Crippen LogP contribution in [0.4, 0.5) is 11.4 Å². The summed E-state index contributed by atoms with van der Waals surface area (Å²) in [5.74, 6) is 0.313. The number of anilines is 2. The van der Waals surface area contributed by atoms with Crippen LogP contribution in [0.2, 0.25) is 0 Å². The molecule has 0 spiro atoms. The van der Waals surface area contributed by atoms with Crippen molar-refractivity contribution in [2.24, 2.45) is 0 Å². The van der Waals surface area contributed by atoms with Gasteiger partial charge in [0, 0.05) is 37.2 Å². The van der Waals surface area contributed by atoms with E-state index in [2.05, 4.69) is 133 Å². The molecule has 0 amide bonds. The lowest BCUT2D eigenvalue weighted by Gasteiger charge is -2.31. The Kier molecular flexibility index (Phi) is 5.03. The Balaban J connectivity index is 1.31. The molecule has 1 unspecified atom stereocenters. The van der Waals surface area contributed by atoms with Crippen LogP contribution in [-0.2, 0) is 6.42 Å². The number of hydrogen-bond acceptors (Lipinski definition) is 2. The highest BCUT2D eigenvalue weighted by Gasteiger charge is 2.28. The Hall–Kier alpha value is -4.56. The standard InChI is InChI=1S/C37H30N2/c1-39-20-8-13-28-23-34(32-16-7-19-38-36(32)37(28)39)26-12-6-11-25(21-26)33-22-27-10-3-5-15-30(27)35-29-14-4-2-9-24(29)17-18-31(33)35/h2-18,21,23,33,38H,19-20,22H2,1H3. The average Bonchev–Trinajstić information content (AvgIpc) is 3.00. The minimum Gasteiger partial charge on any atom is -0.379 e. The van der Waals surface area contributed by atoms with Crippen molar-refractivity contribution in [3.8, 4) is 22.3 Å². The van der Waals surface area contributed by atoms with Crippen LogP contribution in [0.5, 0.6) is 0 Å². The highest BCUT2D eigenvalue weighted by molar-refractivity contribution is 6.00. The van der Waals surface area contributed by atoms with E-state index in [1.807, 2.05) is 0 Å². The summed E-state index contributed by atoms with van der Waals surface area (Å²) in [5.41, 5.74) is 14.7. The number of hydrogen-bond donors (Lipinski definition) is 1. The number of rotatable bonds is 2. The van der Waals surface area contributed by atoms with E-state index in [-0.39, 0.29) is 0 Å². The van der Waals surface area contributed by atoms with Gasteiger partial charge in [-0.15, -0.1) is 0 Å². The molecule has 0 aromatic heterocycles. The molecular weight excluding hydrogens is 472 g/mol. The van der Waals surface area contributed by atoms with Gasteiger partial charge in [-0.3, -0.25) is 0 Å². The van der Waals surface area contributed by atoms with Gasteiger partial charge < -0.3 is 10.2 Å². The molecule has 188 valence electrons. The van der Waals surface area contributed by atoms with E-state index in [9.17, 15) is 0 Å².